The smallest absolute Gasteiger partial charge is 0.422 e. The minimum Gasteiger partial charge on any atom is -0.482 e. The van der Waals surface area contributed by atoms with Crippen LogP contribution in [-0.2, 0) is 19.1 Å². The lowest BCUT2D eigenvalue weighted by Gasteiger charge is -2.25. The molecule has 2 rings (SSSR count). The van der Waals surface area contributed by atoms with Gasteiger partial charge in [-0.05, 0) is 36.8 Å². The van der Waals surface area contributed by atoms with Crippen molar-refractivity contribution in [1.29, 1.82) is 0 Å². The highest BCUT2D eigenvalue weighted by atomic mass is 19.4. The van der Waals surface area contributed by atoms with Gasteiger partial charge >= 0.3 is 18.1 Å². The van der Waals surface area contributed by atoms with E-state index in [1.165, 1.54) is 41.5 Å². The molecule has 0 atom stereocenters. The summed E-state index contributed by atoms with van der Waals surface area (Å²) in [5, 5.41) is 0. The van der Waals surface area contributed by atoms with E-state index in [4.69, 9.17) is 14.2 Å². The Labute approximate surface area is 159 Å². The van der Waals surface area contributed by atoms with Gasteiger partial charge in [0.25, 0.3) is 0 Å². The number of hydrogen-bond donors (Lipinski definition) is 0. The second-order valence-corrected chi connectivity index (χ2v) is 5.69. The highest BCUT2D eigenvalue weighted by Gasteiger charge is 2.31. The Hall–Kier alpha value is -3.23. The summed E-state index contributed by atoms with van der Waals surface area (Å²) in [7, 11) is 2.27. The molecule has 0 spiro atoms. The van der Waals surface area contributed by atoms with Crippen LogP contribution in [-0.4, -0.2) is 38.9 Å². The Morgan fingerprint density at radius 2 is 1.75 bits per heavy atom. The molecule has 6 nitrogen and oxygen atoms in total. The van der Waals surface area contributed by atoms with E-state index >= 15 is 0 Å². The van der Waals surface area contributed by atoms with Crippen molar-refractivity contribution >= 4 is 17.6 Å². The molecule has 0 saturated carbocycles. The summed E-state index contributed by atoms with van der Waals surface area (Å²) in [6.45, 7) is 0.208. The maximum Gasteiger partial charge on any atom is 0.422 e. The van der Waals surface area contributed by atoms with E-state index in [1.807, 2.05) is 0 Å². The maximum atomic E-state index is 12.6. The number of carbonyl (C=O) groups is 2. The number of hydrogen-bond acceptors (Lipinski definition) is 6. The Morgan fingerprint density at radius 1 is 1.07 bits per heavy atom. The van der Waals surface area contributed by atoms with E-state index in [-0.39, 0.29) is 22.7 Å². The quantitative estimate of drug-likeness (QED) is 0.710. The van der Waals surface area contributed by atoms with Crippen LogP contribution in [0.15, 0.2) is 53.9 Å². The minimum absolute atomic E-state index is 0.123. The lowest BCUT2D eigenvalue weighted by molar-refractivity contribution is -0.153. The van der Waals surface area contributed by atoms with Crippen LogP contribution >= 0.6 is 0 Å². The molecular weight excluding hydrogens is 379 g/mol. The number of allylic oxidation sites excluding steroid dienone is 2. The van der Waals surface area contributed by atoms with Gasteiger partial charge in [0.15, 0.2) is 6.61 Å². The molecule has 0 aromatic heterocycles. The van der Waals surface area contributed by atoms with Gasteiger partial charge in [0.1, 0.15) is 11.4 Å². The SMILES string of the molecule is COC(=O)C1=C(C(=O)OC)N(c2cc(C)ccc2OCC(F)(F)F)C=CC=C1. The first-order valence-electron chi connectivity index (χ1n) is 8.03. The molecule has 0 saturated heterocycles. The zero-order valence-corrected chi connectivity index (χ0v) is 15.4. The van der Waals surface area contributed by atoms with E-state index in [1.54, 1.807) is 13.0 Å². The van der Waals surface area contributed by atoms with Crippen LogP contribution in [0, 0.1) is 6.92 Å². The molecule has 28 heavy (non-hydrogen) atoms. The van der Waals surface area contributed by atoms with Crippen molar-refractivity contribution in [3.05, 3.63) is 59.5 Å². The number of nitrogens with zero attached hydrogens (tertiary/aromatic N) is 1. The van der Waals surface area contributed by atoms with Gasteiger partial charge in [-0.25, -0.2) is 9.59 Å². The molecule has 0 fully saturated rings. The van der Waals surface area contributed by atoms with Crippen LogP contribution in [0.1, 0.15) is 5.56 Å². The summed E-state index contributed by atoms with van der Waals surface area (Å²) in [4.78, 5) is 25.8. The van der Waals surface area contributed by atoms with Crippen LogP contribution in [0.5, 0.6) is 5.75 Å². The topological polar surface area (TPSA) is 65.1 Å². The van der Waals surface area contributed by atoms with Crippen molar-refractivity contribution in [2.45, 2.75) is 13.1 Å². The molecule has 0 amide bonds. The fourth-order valence-corrected chi connectivity index (χ4v) is 2.45. The third-order valence-corrected chi connectivity index (χ3v) is 3.65. The predicted octanol–water partition coefficient (Wildman–Crippen LogP) is 3.43. The van der Waals surface area contributed by atoms with Crippen LogP contribution in [0.25, 0.3) is 0 Å². The van der Waals surface area contributed by atoms with Crippen molar-refractivity contribution in [3.8, 4) is 5.75 Å². The average Bonchev–Trinajstić information content (AvgIpc) is 2.87. The first-order valence-corrected chi connectivity index (χ1v) is 8.03. The lowest BCUT2D eigenvalue weighted by Crippen LogP contribution is -2.28. The normalized spacial score (nSPS) is 14.0. The molecule has 0 radical (unpaired) electrons. The number of esters is 2. The maximum absolute atomic E-state index is 12.6. The molecule has 1 aliphatic heterocycles. The molecule has 1 aromatic carbocycles. The summed E-state index contributed by atoms with van der Waals surface area (Å²) in [5.41, 5.74) is 0.485. The van der Waals surface area contributed by atoms with Gasteiger partial charge < -0.3 is 19.1 Å². The minimum atomic E-state index is -4.55. The Kier molecular flexibility index (Phi) is 6.50. The molecule has 9 heteroatoms. The summed E-state index contributed by atoms with van der Waals surface area (Å²) in [5.74, 6) is -1.81. The number of halogens is 3. The molecule has 0 aliphatic carbocycles. The van der Waals surface area contributed by atoms with E-state index in [0.717, 1.165) is 14.2 Å². The van der Waals surface area contributed by atoms with Crippen molar-refractivity contribution in [1.82, 2.24) is 0 Å². The number of ether oxygens (including phenoxy) is 3. The van der Waals surface area contributed by atoms with E-state index in [2.05, 4.69) is 0 Å². The van der Waals surface area contributed by atoms with Gasteiger partial charge in [-0.3, -0.25) is 0 Å². The fraction of sp³-hybridized carbons (Fsp3) is 0.263. The predicted molar refractivity (Wildman–Crippen MR) is 94.5 cm³/mol. The fourth-order valence-electron chi connectivity index (χ4n) is 2.45. The molecule has 150 valence electrons. The summed E-state index contributed by atoms with van der Waals surface area (Å²) in [6.07, 6.45) is 1.21. The second kappa shape index (κ2) is 8.64. The number of aryl methyl sites for hydroxylation is 1. The molecule has 1 aliphatic rings. The van der Waals surface area contributed by atoms with Gasteiger partial charge in [0.05, 0.1) is 25.5 Å². The highest BCUT2D eigenvalue weighted by molar-refractivity contribution is 6.05. The van der Waals surface area contributed by atoms with Gasteiger partial charge in [-0.1, -0.05) is 12.1 Å². The average molecular weight is 397 g/mol. The van der Waals surface area contributed by atoms with Crippen molar-refractivity contribution in [2.75, 3.05) is 25.7 Å². The van der Waals surface area contributed by atoms with Crippen LogP contribution in [0.2, 0.25) is 0 Å². The zero-order chi connectivity index (χ0) is 20.9. The molecule has 0 N–H and O–H groups in total. The lowest BCUT2D eigenvalue weighted by atomic mass is 10.1. The van der Waals surface area contributed by atoms with E-state index in [0.29, 0.717) is 5.56 Å². The Bertz CT molecular complexity index is 856. The van der Waals surface area contributed by atoms with Crippen molar-refractivity contribution in [2.24, 2.45) is 0 Å². The highest BCUT2D eigenvalue weighted by Crippen LogP contribution is 2.35. The van der Waals surface area contributed by atoms with E-state index in [9.17, 15) is 22.8 Å². The first-order chi connectivity index (χ1) is 13.2. The summed E-state index contributed by atoms with van der Waals surface area (Å²) in [6, 6.07) is 4.45. The van der Waals surface area contributed by atoms with Gasteiger partial charge in [-0.2, -0.15) is 13.2 Å². The first kappa shape index (κ1) is 21.1. The third-order valence-electron chi connectivity index (χ3n) is 3.65. The summed E-state index contributed by atoms with van der Waals surface area (Å²) >= 11 is 0. The number of rotatable bonds is 5. The van der Waals surface area contributed by atoms with Gasteiger partial charge in [0.2, 0.25) is 0 Å². The number of carbonyl (C=O) groups excluding carboxylic acids is 2. The monoisotopic (exact) mass is 397 g/mol. The Morgan fingerprint density at radius 3 is 2.36 bits per heavy atom. The second-order valence-electron chi connectivity index (χ2n) is 5.69. The van der Waals surface area contributed by atoms with Crippen LogP contribution in [0.4, 0.5) is 18.9 Å². The van der Waals surface area contributed by atoms with Crippen LogP contribution in [0.3, 0.4) is 0 Å². The standard InChI is InChI=1S/C19H18F3NO5/c1-12-7-8-15(28-11-19(20,21)22)14(10-12)23-9-5-4-6-13(17(24)26-2)16(23)18(25)27-3/h4-10H,11H2,1-3H3. The van der Waals surface area contributed by atoms with Gasteiger partial charge in [-0.15, -0.1) is 0 Å². The molecule has 0 unspecified atom stereocenters. The number of anilines is 1. The number of methoxy groups -OCH3 is 2. The van der Waals surface area contributed by atoms with Gasteiger partial charge in [0, 0.05) is 6.20 Å². The van der Waals surface area contributed by atoms with Crippen LogP contribution < -0.4 is 9.64 Å². The number of alkyl halides is 3. The third kappa shape index (κ3) is 4.93. The Balaban J connectivity index is 2.64. The largest absolute Gasteiger partial charge is 0.482 e. The zero-order valence-electron chi connectivity index (χ0n) is 15.4. The molecule has 1 heterocycles. The van der Waals surface area contributed by atoms with Crippen molar-refractivity contribution < 1.29 is 37.0 Å². The molecule has 0 bridgehead atoms. The summed E-state index contributed by atoms with van der Waals surface area (Å²) < 4.78 is 52.3. The van der Waals surface area contributed by atoms with E-state index < -0.39 is 24.7 Å². The number of benzene rings is 1. The molecular formula is C19H18F3NO5. The molecule has 1 aromatic rings. The van der Waals surface area contributed by atoms with Crippen molar-refractivity contribution in [3.63, 3.8) is 0 Å².